The van der Waals surface area contributed by atoms with Gasteiger partial charge in [-0.05, 0) is 68.1 Å². The largest absolute Gasteiger partial charge is 0.481 e. The van der Waals surface area contributed by atoms with Crippen LogP contribution in [0.2, 0.25) is 0 Å². The van der Waals surface area contributed by atoms with E-state index in [1.165, 1.54) is 12.1 Å². The van der Waals surface area contributed by atoms with Crippen LogP contribution in [0.1, 0.15) is 50.5 Å². The standard InChI is InChI=1S/C19H23FN2O2/c20-16-2-1-15(13-21)17(12-16)22-9-7-19(8-10-22)5-3-14(4-6-19)11-18(23)24/h1-2,12,14H,3-11H2,(H,23,24). The Morgan fingerprint density at radius 1 is 1.29 bits per heavy atom. The summed E-state index contributed by atoms with van der Waals surface area (Å²) in [6.07, 6.45) is 6.53. The summed E-state index contributed by atoms with van der Waals surface area (Å²) in [5.74, 6) is -0.682. The first kappa shape index (κ1) is 16.8. The Balaban J connectivity index is 1.62. The van der Waals surface area contributed by atoms with Crippen LogP contribution in [-0.2, 0) is 4.79 Å². The molecule has 2 fully saturated rings. The number of aliphatic carboxylic acids is 1. The van der Waals surface area contributed by atoms with Crippen molar-refractivity contribution in [3.8, 4) is 6.07 Å². The van der Waals surface area contributed by atoms with E-state index in [-0.39, 0.29) is 12.2 Å². The Morgan fingerprint density at radius 2 is 1.96 bits per heavy atom. The molecule has 0 radical (unpaired) electrons. The van der Waals surface area contributed by atoms with Gasteiger partial charge >= 0.3 is 5.97 Å². The van der Waals surface area contributed by atoms with E-state index < -0.39 is 5.97 Å². The molecule has 2 aliphatic rings. The maximum absolute atomic E-state index is 13.5. The maximum Gasteiger partial charge on any atom is 0.303 e. The summed E-state index contributed by atoms with van der Waals surface area (Å²) in [4.78, 5) is 13.0. The third-order valence-corrected chi connectivity index (χ3v) is 5.87. The lowest BCUT2D eigenvalue weighted by molar-refractivity contribution is -0.138. The molecule has 128 valence electrons. The van der Waals surface area contributed by atoms with Crippen LogP contribution in [0.15, 0.2) is 18.2 Å². The minimum absolute atomic E-state index is 0.289. The normalized spacial score (nSPS) is 20.8. The van der Waals surface area contributed by atoms with Crippen LogP contribution in [0.4, 0.5) is 10.1 Å². The average Bonchev–Trinajstić information content (AvgIpc) is 2.57. The Morgan fingerprint density at radius 3 is 2.54 bits per heavy atom. The molecule has 1 aliphatic carbocycles. The number of anilines is 1. The topological polar surface area (TPSA) is 64.3 Å². The van der Waals surface area contributed by atoms with Crippen LogP contribution in [0.25, 0.3) is 0 Å². The second-order valence-corrected chi connectivity index (χ2v) is 7.30. The van der Waals surface area contributed by atoms with Gasteiger partial charge in [0.2, 0.25) is 0 Å². The van der Waals surface area contributed by atoms with Crippen molar-refractivity contribution in [2.75, 3.05) is 18.0 Å². The van der Waals surface area contributed by atoms with Crippen LogP contribution in [0, 0.1) is 28.5 Å². The molecule has 5 heteroatoms. The van der Waals surface area contributed by atoms with Gasteiger partial charge < -0.3 is 10.0 Å². The van der Waals surface area contributed by atoms with Crippen molar-refractivity contribution in [3.63, 3.8) is 0 Å². The molecule has 1 heterocycles. The zero-order valence-electron chi connectivity index (χ0n) is 13.8. The molecule has 3 rings (SSSR count). The Kier molecular flexibility index (Phi) is 4.75. The maximum atomic E-state index is 13.5. The fourth-order valence-corrected chi connectivity index (χ4v) is 4.32. The molecule has 0 amide bonds. The van der Waals surface area contributed by atoms with Crippen molar-refractivity contribution in [1.29, 1.82) is 5.26 Å². The summed E-state index contributed by atoms with van der Waals surface area (Å²) in [7, 11) is 0. The van der Waals surface area contributed by atoms with Crippen molar-refractivity contribution in [2.45, 2.75) is 44.9 Å². The Bertz CT molecular complexity index is 650. The number of nitrogens with zero attached hydrogens (tertiary/aromatic N) is 2. The first-order valence-electron chi connectivity index (χ1n) is 8.68. The molecule has 0 aromatic heterocycles. The van der Waals surface area contributed by atoms with Crippen molar-refractivity contribution in [1.82, 2.24) is 0 Å². The van der Waals surface area contributed by atoms with E-state index in [9.17, 15) is 14.4 Å². The molecule has 0 atom stereocenters. The zero-order valence-corrected chi connectivity index (χ0v) is 13.8. The predicted octanol–water partition coefficient (Wildman–Crippen LogP) is 3.95. The zero-order chi connectivity index (χ0) is 17.2. The molecule has 24 heavy (non-hydrogen) atoms. The summed E-state index contributed by atoms with van der Waals surface area (Å²) < 4.78 is 13.5. The van der Waals surface area contributed by atoms with E-state index in [1.807, 2.05) is 0 Å². The number of nitriles is 1. The van der Waals surface area contributed by atoms with Gasteiger partial charge in [-0.2, -0.15) is 5.26 Å². The number of carboxylic acids is 1. The summed E-state index contributed by atoms with van der Waals surface area (Å²) in [6.45, 7) is 1.67. The van der Waals surface area contributed by atoms with Crippen LogP contribution in [-0.4, -0.2) is 24.2 Å². The second-order valence-electron chi connectivity index (χ2n) is 7.30. The summed E-state index contributed by atoms with van der Waals surface area (Å²) >= 11 is 0. The van der Waals surface area contributed by atoms with E-state index in [1.54, 1.807) is 6.07 Å². The predicted molar refractivity (Wildman–Crippen MR) is 89.2 cm³/mol. The van der Waals surface area contributed by atoms with Crippen molar-refractivity contribution in [3.05, 3.63) is 29.6 Å². The van der Waals surface area contributed by atoms with E-state index >= 15 is 0 Å². The van der Waals surface area contributed by atoms with Crippen molar-refractivity contribution >= 4 is 11.7 Å². The van der Waals surface area contributed by atoms with E-state index in [0.717, 1.165) is 51.6 Å². The molecular weight excluding hydrogens is 307 g/mol. The smallest absolute Gasteiger partial charge is 0.303 e. The number of carboxylic acid groups (broad SMARTS) is 1. The van der Waals surface area contributed by atoms with E-state index in [0.29, 0.717) is 22.6 Å². The first-order valence-corrected chi connectivity index (χ1v) is 8.68. The Hall–Kier alpha value is -2.09. The fraction of sp³-hybridized carbons (Fsp3) is 0.579. The van der Waals surface area contributed by atoms with Gasteiger partial charge in [-0.3, -0.25) is 4.79 Å². The molecule has 1 aliphatic heterocycles. The number of carbonyl (C=O) groups is 1. The third-order valence-electron chi connectivity index (χ3n) is 5.87. The number of piperidine rings is 1. The highest BCUT2D eigenvalue weighted by molar-refractivity contribution is 5.67. The Labute approximate surface area is 141 Å². The van der Waals surface area contributed by atoms with Crippen LogP contribution in [0.5, 0.6) is 0 Å². The SMILES string of the molecule is N#Cc1ccc(F)cc1N1CCC2(CCC(CC(=O)O)CC2)CC1. The highest BCUT2D eigenvalue weighted by Gasteiger charge is 2.38. The number of hydrogen-bond donors (Lipinski definition) is 1. The molecule has 0 unspecified atom stereocenters. The number of halogens is 1. The number of benzene rings is 1. The fourth-order valence-electron chi connectivity index (χ4n) is 4.32. The van der Waals surface area contributed by atoms with Gasteiger partial charge in [-0.1, -0.05) is 0 Å². The molecule has 1 aromatic carbocycles. The summed E-state index contributed by atoms with van der Waals surface area (Å²) in [5.41, 5.74) is 1.54. The third kappa shape index (κ3) is 3.53. The monoisotopic (exact) mass is 330 g/mol. The van der Waals surface area contributed by atoms with Gasteiger partial charge in [0.05, 0.1) is 11.3 Å². The van der Waals surface area contributed by atoms with Crippen LogP contribution >= 0.6 is 0 Å². The van der Waals surface area contributed by atoms with Crippen LogP contribution in [0.3, 0.4) is 0 Å². The molecule has 0 bridgehead atoms. The van der Waals surface area contributed by atoms with Gasteiger partial charge in [0, 0.05) is 19.5 Å². The van der Waals surface area contributed by atoms with Gasteiger partial charge in [0.1, 0.15) is 11.9 Å². The lowest BCUT2D eigenvalue weighted by Gasteiger charge is -2.46. The quantitative estimate of drug-likeness (QED) is 0.911. The van der Waals surface area contributed by atoms with Gasteiger partial charge in [-0.25, -0.2) is 4.39 Å². The molecule has 1 N–H and O–H groups in total. The lowest BCUT2D eigenvalue weighted by atomic mass is 9.65. The molecule has 1 spiro atoms. The van der Waals surface area contributed by atoms with E-state index in [2.05, 4.69) is 11.0 Å². The molecule has 1 saturated carbocycles. The van der Waals surface area contributed by atoms with Crippen molar-refractivity contribution < 1.29 is 14.3 Å². The molecule has 1 saturated heterocycles. The number of rotatable bonds is 3. The minimum atomic E-state index is -0.694. The second kappa shape index (κ2) is 6.80. The highest BCUT2D eigenvalue weighted by atomic mass is 19.1. The molecule has 1 aromatic rings. The minimum Gasteiger partial charge on any atom is -0.481 e. The van der Waals surface area contributed by atoms with Gasteiger partial charge in [0.25, 0.3) is 0 Å². The summed E-state index contributed by atoms with van der Waals surface area (Å²) in [5, 5.41) is 18.2. The van der Waals surface area contributed by atoms with E-state index in [4.69, 9.17) is 5.11 Å². The highest BCUT2D eigenvalue weighted by Crippen LogP contribution is 2.47. The van der Waals surface area contributed by atoms with Crippen LogP contribution < -0.4 is 4.90 Å². The van der Waals surface area contributed by atoms with Crippen molar-refractivity contribution in [2.24, 2.45) is 11.3 Å². The van der Waals surface area contributed by atoms with Gasteiger partial charge in [0.15, 0.2) is 0 Å². The summed E-state index contributed by atoms with van der Waals surface area (Å²) in [6, 6.07) is 6.49. The average molecular weight is 330 g/mol. The molecular formula is C19H23FN2O2. The first-order chi connectivity index (χ1) is 11.5. The van der Waals surface area contributed by atoms with Gasteiger partial charge in [-0.15, -0.1) is 0 Å². The lowest BCUT2D eigenvalue weighted by Crippen LogP contribution is -2.42. The molecule has 4 nitrogen and oxygen atoms in total. The number of hydrogen-bond acceptors (Lipinski definition) is 3.